The van der Waals surface area contributed by atoms with Crippen LogP contribution in [-0.4, -0.2) is 40.4 Å². The van der Waals surface area contributed by atoms with E-state index in [1.54, 1.807) is 4.68 Å². The van der Waals surface area contributed by atoms with Gasteiger partial charge < -0.3 is 15.3 Å². The zero-order chi connectivity index (χ0) is 14.8. The molecule has 1 aliphatic heterocycles. The molecule has 6 heteroatoms. The minimum absolute atomic E-state index is 0.0106. The van der Waals surface area contributed by atoms with Crippen molar-refractivity contribution < 1.29 is 9.90 Å². The van der Waals surface area contributed by atoms with E-state index in [1.165, 1.54) is 0 Å². The lowest BCUT2D eigenvalue weighted by molar-refractivity contribution is -0.120. The second-order valence-corrected chi connectivity index (χ2v) is 5.06. The molecule has 2 N–H and O–H groups in total. The smallest absolute Gasteiger partial charge is 0.239 e. The fourth-order valence-electron chi connectivity index (χ4n) is 2.63. The van der Waals surface area contributed by atoms with Gasteiger partial charge in [-0.2, -0.15) is 5.10 Å². The molecule has 1 saturated heterocycles. The minimum Gasteiger partial charge on any atom is -0.391 e. The summed E-state index contributed by atoms with van der Waals surface area (Å²) in [6.07, 6.45) is 0. The van der Waals surface area contributed by atoms with Crippen molar-refractivity contribution in [3.05, 3.63) is 41.6 Å². The van der Waals surface area contributed by atoms with Crippen molar-refractivity contribution in [1.82, 2.24) is 15.1 Å². The Kier molecular flexibility index (Phi) is 3.62. The number of carbonyl (C=O) groups is 1. The average molecular weight is 286 g/mol. The molecule has 0 radical (unpaired) electrons. The average Bonchev–Trinajstić information content (AvgIpc) is 2.85. The molecule has 0 bridgehead atoms. The van der Waals surface area contributed by atoms with Crippen LogP contribution in [0.3, 0.4) is 0 Å². The lowest BCUT2D eigenvalue weighted by Gasteiger charge is -2.29. The number of piperazine rings is 1. The zero-order valence-electron chi connectivity index (χ0n) is 11.9. The Balaban J connectivity index is 2.10. The molecule has 1 aromatic carbocycles. The normalized spacial score (nSPS) is 15.1. The van der Waals surface area contributed by atoms with Gasteiger partial charge in [-0.1, -0.05) is 18.2 Å². The first-order chi connectivity index (χ1) is 10.2. The number of hydrogen-bond acceptors (Lipinski definition) is 4. The van der Waals surface area contributed by atoms with Crippen molar-refractivity contribution in [1.29, 1.82) is 0 Å². The SMILES string of the molecule is Cc1nn(-c2ccccc2)c(N2CCNC(=O)C2)c1CO. The van der Waals surface area contributed by atoms with Crippen molar-refractivity contribution in [2.75, 3.05) is 24.5 Å². The first-order valence-electron chi connectivity index (χ1n) is 6.97. The van der Waals surface area contributed by atoms with Crippen molar-refractivity contribution in [3.8, 4) is 5.69 Å². The molecule has 3 rings (SSSR count). The predicted octanol–water partition coefficient (Wildman–Crippen LogP) is 0.609. The maximum atomic E-state index is 11.7. The molecule has 1 fully saturated rings. The van der Waals surface area contributed by atoms with Gasteiger partial charge in [-0.15, -0.1) is 0 Å². The number of hydrogen-bond donors (Lipinski definition) is 2. The van der Waals surface area contributed by atoms with Crippen molar-refractivity contribution in [3.63, 3.8) is 0 Å². The van der Waals surface area contributed by atoms with Gasteiger partial charge in [-0.3, -0.25) is 4.79 Å². The summed E-state index contributed by atoms with van der Waals surface area (Å²) < 4.78 is 1.81. The van der Waals surface area contributed by atoms with Crippen LogP contribution in [0.2, 0.25) is 0 Å². The van der Waals surface area contributed by atoms with E-state index < -0.39 is 0 Å². The summed E-state index contributed by atoms with van der Waals surface area (Å²) in [5.74, 6) is 0.791. The molecule has 1 aliphatic rings. The van der Waals surface area contributed by atoms with E-state index in [0.717, 1.165) is 22.8 Å². The summed E-state index contributed by atoms with van der Waals surface area (Å²) in [5.41, 5.74) is 2.47. The third kappa shape index (κ3) is 2.50. The van der Waals surface area contributed by atoms with E-state index in [-0.39, 0.29) is 19.1 Å². The quantitative estimate of drug-likeness (QED) is 0.867. The van der Waals surface area contributed by atoms with Gasteiger partial charge in [-0.05, 0) is 19.1 Å². The summed E-state index contributed by atoms with van der Waals surface area (Å²) in [5, 5.41) is 17.0. The fraction of sp³-hybridized carbons (Fsp3) is 0.333. The Bertz CT molecular complexity index is 651. The highest BCUT2D eigenvalue weighted by Crippen LogP contribution is 2.27. The number of amides is 1. The predicted molar refractivity (Wildman–Crippen MR) is 79.4 cm³/mol. The van der Waals surface area contributed by atoms with Gasteiger partial charge in [0.15, 0.2) is 0 Å². The molecule has 1 aromatic heterocycles. The first kappa shape index (κ1) is 13.6. The largest absolute Gasteiger partial charge is 0.391 e. The van der Waals surface area contributed by atoms with Gasteiger partial charge in [0.2, 0.25) is 5.91 Å². The Morgan fingerprint density at radius 3 is 2.76 bits per heavy atom. The van der Waals surface area contributed by atoms with Crippen LogP contribution in [0.15, 0.2) is 30.3 Å². The molecule has 0 unspecified atom stereocenters. The number of nitrogens with one attached hydrogen (secondary N) is 1. The van der Waals surface area contributed by atoms with Crippen LogP contribution in [0.25, 0.3) is 5.69 Å². The van der Waals surface area contributed by atoms with E-state index in [9.17, 15) is 9.90 Å². The number of aryl methyl sites for hydroxylation is 1. The van der Waals surface area contributed by atoms with Gasteiger partial charge in [-0.25, -0.2) is 4.68 Å². The summed E-state index contributed by atoms with van der Waals surface area (Å²) in [7, 11) is 0. The molecule has 0 aliphatic carbocycles. The van der Waals surface area contributed by atoms with Crippen LogP contribution in [0.1, 0.15) is 11.3 Å². The summed E-state index contributed by atoms with van der Waals surface area (Å²) >= 11 is 0. The van der Waals surface area contributed by atoms with Gasteiger partial charge in [0.05, 0.1) is 24.5 Å². The highest BCUT2D eigenvalue weighted by molar-refractivity contribution is 5.82. The summed E-state index contributed by atoms with van der Waals surface area (Å²) in [4.78, 5) is 13.6. The standard InChI is InChI=1S/C15H18N4O2/c1-11-13(10-20)15(18-8-7-16-14(21)9-18)19(17-11)12-5-3-2-4-6-12/h2-6,20H,7-10H2,1H3,(H,16,21). The molecular formula is C15H18N4O2. The van der Waals surface area contributed by atoms with E-state index in [0.29, 0.717) is 13.1 Å². The Labute approximate surface area is 123 Å². The number of aliphatic hydroxyl groups excluding tert-OH is 1. The highest BCUT2D eigenvalue weighted by atomic mass is 16.3. The minimum atomic E-state index is -0.0912. The Hall–Kier alpha value is -2.34. The summed E-state index contributed by atoms with van der Waals surface area (Å²) in [6, 6.07) is 9.75. The number of rotatable bonds is 3. The van der Waals surface area contributed by atoms with Gasteiger partial charge in [0.25, 0.3) is 0 Å². The molecule has 6 nitrogen and oxygen atoms in total. The summed E-state index contributed by atoms with van der Waals surface area (Å²) in [6.45, 7) is 3.37. The van der Waals surface area contributed by atoms with Crippen LogP contribution in [0, 0.1) is 6.92 Å². The van der Waals surface area contributed by atoms with Gasteiger partial charge in [0, 0.05) is 18.7 Å². The number of anilines is 1. The van der Waals surface area contributed by atoms with Gasteiger partial charge in [0.1, 0.15) is 5.82 Å². The molecule has 2 heterocycles. The van der Waals surface area contributed by atoms with Crippen LogP contribution in [0.4, 0.5) is 5.82 Å². The maximum Gasteiger partial charge on any atom is 0.239 e. The van der Waals surface area contributed by atoms with Crippen LogP contribution in [-0.2, 0) is 11.4 Å². The molecule has 0 atom stereocenters. The van der Waals surface area contributed by atoms with Crippen molar-refractivity contribution in [2.24, 2.45) is 0 Å². The number of aliphatic hydroxyl groups is 1. The first-order valence-corrected chi connectivity index (χ1v) is 6.97. The van der Waals surface area contributed by atoms with E-state index >= 15 is 0 Å². The monoisotopic (exact) mass is 286 g/mol. The molecule has 110 valence electrons. The lowest BCUT2D eigenvalue weighted by Crippen LogP contribution is -2.48. The maximum absolute atomic E-state index is 11.7. The number of carbonyl (C=O) groups excluding carboxylic acids is 1. The second kappa shape index (κ2) is 5.57. The van der Waals surface area contributed by atoms with Crippen LogP contribution >= 0.6 is 0 Å². The van der Waals surface area contributed by atoms with Crippen LogP contribution in [0.5, 0.6) is 0 Å². The highest BCUT2D eigenvalue weighted by Gasteiger charge is 2.25. The molecule has 0 saturated carbocycles. The third-order valence-corrected chi connectivity index (χ3v) is 3.65. The second-order valence-electron chi connectivity index (χ2n) is 5.06. The van der Waals surface area contributed by atoms with Crippen LogP contribution < -0.4 is 10.2 Å². The molecular weight excluding hydrogens is 268 g/mol. The number of nitrogens with zero attached hydrogens (tertiary/aromatic N) is 3. The molecule has 0 spiro atoms. The fourth-order valence-corrected chi connectivity index (χ4v) is 2.63. The lowest BCUT2D eigenvalue weighted by atomic mass is 10.2. The molecule has 1 amide bonds. The van der Waals surface area contributed by atoms with Gasteiger partial charge >= 0.3 is 0 Å². The zero-order valence-corrected chi connectivity index (χ0v) is 11.9. The Morgan fingerprint density at radius 1 is 1.33 bits per heavy atom. The third-order valence-electron chi connectivity index (χ3n) is 3.65. The number of para-hydroxylation sites is 1. The molecule has 2 aromatic rings. The van der Waals surface area contributed by atoms with E-state index in [1.807, 2.05) is 42.2 Å². The number of aromatic nitrogens is 2. The van der Waals surface area contributed by atoms with Crippen molar-refractivity contribution >= 4 is 11.7 Å². The van der Waals surface area contributed by atoms with E-state index in [2.05, 4.69) is 10.4 Å². The number of benzene rings is 1. The molecule has 21 heavy (non-hydrogen) atoms. The van der Waals surface area contributed by atoms with Crippen molar-refractivity contribution in [2.45, 2.75) is 13.5 Å². The van der Waals surface area contributed by atoms with E-state index in [4.69, 9.17) is 0 Å². The topological polar surface area (TPSA) is 70.4 Å². The Morgan fingerprint density at radius 2 is 2.10 bits per heavy atom.